The molecule has 3 rings (SSSR count). The first-order valence-corrected chi connectivity index (χ1v) is 9.82. The Hall–Kier alpha value is -1.96. The highest BCUT2D eigenvalue weighted by molar-refractivity contribution is 5.82. The van der Waals surface area contributed by atoms with Crippen molar-refractivity contribution in [3.8, 4) is 11.1 Å². The SMILES string of the molecule is CCCCN(CCCC)c1ccc2c(c1)-c1cc(N(C)C)ccc1C2. The molecule has 0 saturated heterocycles. The second kappa shape index (κ2) is 7.95. The van der Waals surface area contributed by atoms with Crippen molar-refractivity contribution in [3.05, 3.63) is 47.5 Å². The minimum Gasteiger partial charge on any atom is -0.378 e. The van der Waals surface area contributed by atoms with E-state index in [0.717, 1.165) is 6.42 Å². The highest BCUT2D eigenvalue weighted by Gasteiger charge is 2.20. The zero-order valence-electron chi connectivity index (χ0n) is 16.3. The van der Waals surface area contributed by atoms with Crippen LogP contribution in [0.3, 0.4) is 0 Å². The largest absolute Gasteiger partial charge is 0.378 e. The molecule has 0 aromatic heterocycles. The second-order valence-corrected chi connectivity index (χ2v) is 7.45. The van der Waals surface area contributed by atoms with Crippen LogP contribution in [0.1, 0.15) is 50.7 Å². The van der Waals surface area contributed by atoms with Gasteiger partial charge in [-0.2, -0.15) is 0 Å². The lowest BCUT2D eigenvalue weighted by molar-refractivity contribution is 0.678. The van der Waals surface area contributed by atoms with E-state index in [4.69, 9.17) is 0 Å². The van der Waals surface area contributed by atoms with Crippen LogP contribution in [-0.4, -0.2) is 27.2 Å². The van der Waals surface area contributed by atoms with E-state index in [1.807, 2.05) is 0 Å². The van der Waals surface area contributed by atoms with Crippen molar-refractivity contribution in [1.29, 1.82) is 0 Å². The molecular weight excluding hydrogens is 304 g/mol. The van der Waals surface area contributed by atoms with Crippen LogP contribution in [0.4, 0.5) is 11.4 Å². The average molecular weight is 337 g/mol. The maximum atomic E-state index is 2.58. The quantitative estimate of drug-likeness (QED) is 0.518. The van der Waals surface area contributed by atoms with Crippen LogP contribution < -0.4 is 9.80 Å². The van der Waals surface area contributed by atoms with E-state index >= 15 is 0 Å². The zero-order valence-corrected chi connectivity index (χ0v) is 16.3. The van der Waals surface area contributed by atoms with Gasteiger partial charge in [-0.15, -0.1) is 0 Å². The third kappa shape index (κ3) is 3.84. The molecule has 2 aromatic rings. The molecule has 0 N–H and O–H groups in total. The van der Waals surface area contributed by atoms with Gasteiger partial charge in [-0.05, 0) is 65.8 Å². The van der Waals surface area contributed by atoms with Crippen molar-refractivity contribution in [3.63, 3.8) is 0 Å². The van der Waals surface area contributed by atoms with Gasteiger partial charge in [-0.3, -0.25) is 0 Å². The van der Waals surface area contributed by atoms with Gasteiger partial charge in [0.15, 0.2) is 0 Å². The van der Waals surface area contributed by atoms with E-state index in [9.17, 15) is 0 Å². The van der Waals surface area contributed by atoms with Gasteiger partial charge in [0.25, 0.3) is 0 Å². The lowest BCUT2D eigenvalue weighted by atomic mass is 10.0. The minimum atomic E-state index is 1.07. The van der Waals surface area contributed by atoms with Crippen LogP contribution in [0.15, 0.2) is 36.4 Å². The van der Waals surface area contributed by atoms with Crippen molar-refractivity contribution >= 4 is 11.4 Å². The smallest absolute Gasteiger partial charge is 0.0372 e. The first kappa shape index (κ1) is 17.8. The molecule has 0 fully saturated rings. The van der Waals surface area contributed by atoms with E-state index in [0.29, 0.717) is 0 Å². The van der Waals surface area contributed by atoms with E-state index in [1.54, 1.807) is 0 Å². The number of fused-ring (bicyclic) bond motifs is 3. The Balaban J connectivity index is 1.93. The summed E-state index contributed by atoms with van der Waals surface area (Å²) in [5.74, 6) is 0. The van der Waals surface area contributed by atoms with Crippen LogP contribution in [0.5, 0.6) is 0 Å². The van der Waals surface area contributed by atoms with Crippen molar-refractivity contribution in [2.75, 3.05) is 37.0 Å². The van der Waals surface area contributed by atoms with E-state index in [2.05, 4.69) is 74.1 Å². The Morgan fingerprint density at radius 3 is 1.80 bits per heavy atom. The third-order valence-corrected chi connectivity index (χ3v) is 5.30. The molecule has 2 aromatic carbocycles. The molecular formula is C23H32N2. The summed E-state index contributed by atoms with van der Waals surface area (Å²) in [5.41, 5.74) is 8.48. The molecule has 0 radical (unpaired) electrons. The molecule has 0 unspecified atom stereocenters. The number of anilines is 2. The number of rotatable bonds is 8. The second-order valence-electron chi connectivity index (χ2n) is 7.45. The number of benzene rings is 2. The van der Waals surface area contributed by atoms with E-state index < -0.39 is 0 Å². The average Bonchev–Trinajstić information content (AvgIpc) is 2.99. The zero-order chi connectivity index (χ0) is 17.8. The summed E-state index contributed by atoms with van der Waals surface area (Å²) < 4.78 is 0. The van der Waals surface area contributed by atoms with Crippen LogP contribution >= 0.6 is 0 Å². The topological polar surface area (TPSA) is 6.48 Å². The summed E-state index contributed by atoms with van der Waals surface area (Å²) in [6, 6.07) is 14.0. The van der Waals surface area contributed by atoms with Gasteiger partial charge in [0, 0.05) is 38.6 Å². The summed E-state index contributed by atoms with van der Waals surface area (Å²) in [6.07, 6.45) is 6.11. The molecule has 0 atom stereocenters. The predicted molar refractivity (Wildman–Crippen MR) is 111 cm³/mol. The fraction of sp³-hybridized carbons (Fsp3) is 0.478. The number of nitrogens with zero attached hydrogens (tertiary/aromatic N) is 2. The van der Waals surface area contributed by atoms with E-state index in [1.165, 1.54) is 72.4 Å². The van der Waals surface area contributed by atoms with Gasteiger partial charge in [0.05, 0.1) is 0 Å². The number of hydrogen-bond acceptors (Lipinski definition) is 2. The van der Waals surface area contributed by atoms with Gasteiger partial charge >= 0.3 is 0 Å². The molecule has 0 heterocycles. The summed E-state index contributed by atoms with van der Waals surface area (Å²) >= 11 is 0. The molecule has 25 heavy (non-hydrogen) atoms. The molecule has 134 valence electrons. The predicted octanol–water partition coefficient (Wildman–Crippen LogP) is 5.73. The van der Waals surface area contributed by atoms with Gasteiger partial charge in [0.1, 0.15) is 0 Å². The summed E-state index contributed by atoms with van der Waals surface area (Å²) in [6.45, 7) is 6.89. The molecule has 0 spiro atoms. The maximum absolute atomic E-state index is 2.58. The molecule has 1 aliphatic rings. The molecule has 1 aliphatic carbocycles. The van der Waals surface area contributed by atoms with Crippen molar-refractivity contribution in [1.82, 2.24) is 0 Å². The van der Waals surface area contributed by atoms with Gasteiger partial charge in [-0.1, -0.05) is 38.8 Å². The van der Waals surface area contributed by atoms with Crippen molar-refractivity contribution in [2.24, 2.45) is 0 Å². The Morgan fingerprint density at radius 1 is 0.760 bits per heavy atom. The molecule has 0 bridgehead atoms. The van der Waals surface area contributed by atoms with Crippen LogP contribution in [0.25, 0.3) is 11.1 Å². The van der Waals surface area contributed by atoms with Gasteiger partial charge < -0.3 is 9.80 Å². The standard InChI is InChI=1S/C23H32N2/c1-5-7-13-25(14-8-6-2)21-12-10-19-15-18-9-11-20(24(3)4)16-22(18)23(19)17-21/h9-12,16-17H,5-8,13-15H2,1-4H3. The monoisotopic (exact) mass is 336 g/mol. The molecule has 0 aliphatic heterocycles. The summed E-state index contributed by atoms with van der Waals surface area (Å²) in [7, 11) is 4.23. The third-order valence-electron chi connectivity index (χ3n) is 5.30. The Bertz CT molecular complexity index is 710. The first-order valence-electron chi connectivity index (χ1n) is 9.82. The van der Waals surface area contributed by atoms with E-state index in [-0.39, 0.29) is 0 Å². The lowest BCUT2D eigenvalue weighted by Crippen LogP contribution is -2.25. The minimum absolute atomic E-state index is 1.07. The van der Waals surface area contributed by atoms with Crippen molar-refractivity contribution < 1.29 is 0 Å². The summed E-state index contributed by atoms with van der Waals surface area (Å²) in [5, 5.41) is 0. The first-order chi connectivity index (χ1) is 12.1. The normalized spacial score (nSPS) is 12.0. The van der Waals surface area contributed by atoms with Crippen LogP contribution in [-0.2, 0) is 6.42 Å². The Labute approximate surface area is 153 Å². The summed E-state index contributed by atoms with van der Waals surface area (Å²) in [4.78, 5) is 4.78. The van der Waals surface area contributed by atoms with Crippen molar-refractivity contribution in [2.45, 2.75) is 46.0 Å². The Morgan fingerprint density at radius 2 is 1.28 bits per heavy atom. The van der Waals surface area contributed by atoms with Gasteiger partial charge in [-0.25, -0.2) is 0 Å². The van der Waals surface area contributed by atoms with Gasteiger partial charge in [0.2, 0.25) is 0 Å². The molecule has 2 nitrogen and oxygen atoms in total. The fourth-order valence-electron chi connectivity index (χ4n) is 3.69. The molecule has 2 heteroatoms. The number of unbranched alkanes of at least 4 members (excludes halogenated alkanes) is 2. The molecule has 0 saturated carbocycles. The lowest BCUT2D eigenvalue weighted by Gasteiger charge is -2.25. The Kier molecular flexibility index (Phi) is 5.67. The van der Waals surface area contributed by atoms with Crippen LogP contribution in [0, 0.1) is 0 Å². The highest BCUT2D eigenvalue weighted by Crippen LogP contribution is 2.40. The molecule has 0 amide bonds. The number of hydrogen-bond donors (Lipinski definition) is 0. The fourth-order valence-corrected chi connectivity index (χ4v) is 3.69. The maximum Gasteiger partial charge on any atom is 0.0372 e. The van der Waals surface area contributed by atoms with Crippen LogP contribution in [0.2, 0.25) is 0 Å². The highest BCUT2D eigenvalue weighted by atomic mass is 15.1.